The van der Waals surface area contributed by atoms with Crippen molar-refractivity contribution >= 4 is 27.6 Å². The van der Waals surface area contributed by atoms with E-state index in [1.54, 1.807) is 36.5 Å². The molecule has 1 fully saturated rings. The summed E-state index contributed by atoms with van der Waals surface area (Å²) in [6.07, 6.45) is 16.6. The average Bonchev–Trinajstić information content (AvgIpc) is 3.28. The summed E-state index contributed by atoms with van der Waals surface area (Å²) in [6, 6.07) is 0. The molecule has 19 nitrogen and oxygen atoms in total. The SMILES string of the molecule is CCCCCC/C=C\CCCCCCCCCC(=O)OC[C@H](COP(=O)(O)O[C@H]1C(O)C(O)C(O)[C@@H](OP(=O)(O)O)C1O)OC(=O)CCC[C@H](O)[C@@H](O)/C=C/C=C/C=C\C=C\[C@@H](O)CCCCC. The molecule has 1 aliphatic carbocycles. The molecule has 0 aromatic rings. The summed E-state index contributed by atoms with van der Waals surface area (Å²) in [5.41, 5.74) is 0. The van der Waals surface area contributed by atoms with E-state index in [0.29, 0.717) is 12.8 Å². The van der Waals surface area contributed by atoms with E-state index in [-0.39, 0.29) is 25.7 Å². The van der Waals surface area contributed by atoms with Gasteiger partial charge in [-0.2, -0.15) is 0 Å². The minimum atomic E-state index is -5.41. The number of phosphoric acid groups is 2. The number of carbonyl (C=O) groups excluding carboxylic acids is 2. The Bertz CT molecular complexity index is 1600. The molecule has 68 heavy (non-hydrogen) atoms. The topological polar surface area (TPSA) is 317 Å². The van der Waals surface area contributed by atoms with Gasteiger partial charge in [0, 0.05) is 12.8 Å². The van der Waals surface area contributed by atoms with Crippen LogP contribution in [0.25, 0.3) is 0 Å². The molecular formula is C47H82O19P2. The number of esters is 2. The molecule has 0 aliphatic heterocycles. The van der Waals surface area contributed by atoms with Crippen LogP contribution in [-0.2, 0) is 41.8 Å². The first-order valence-electron chi connectivity index (χ1n) is 24.2. The highest BCUT2D eigenvalue weighted by molar-refractivity contribution is 7.47. The van der Waals surface area contributed by atoms with E-state index >= 15 is 0 Å². The Kier molecular flexibility index (Phi) is 35.0. The molecule has 1 saturated carbocycles. The van der Waals surface area contributed by atoms with E-state index < -0.39 is 102 Å². The fourth-order valence-electron chi connectivity index (χ4n) is 6.99. The summed E-state index contributed by atoms with van der Waals surface area (Å²) in [4.78, 5) is 54.3. The Morgan fingerprint density at radius 3 is 1.68 bits per heavy atom. The fraction of sp³-hybridized carbons (Fsp3) is 0.745. The van der Waals surface area contributed by atoms with Gasteiger partial charge in [-0.3, -0.25) is 23.2 Å². The summed E-state index contributed by atoms with van der Waals surface area (Å²) in [5.74, 6) is -1.54. The number of allylic oxidation sites excluding steroid dienone is 8. The average molecular weight is 1010 g/mol. The van der Waals surface area contributed by atoms with Gasteiger partial charge in [0.2, 0.25) is 0 Å². The van der Waals surface area contributed by atoms with Gasteiger partial charge in [-0.25, -0.2) is 9.13 Å². The molecule has 11 atom stereocenters. The Balaban J connectivity index is 2.74. The van der Waals surface area contributed by atoms with Crippen LogP contribution < -0.4 is 0 Å². The lowest BCUT2D eigenvalue weighted by Gasteiger charge is -2.43. The van der Waals surface area contributed by atoms with Gasteiger partial charge >= 0.3 is 27.6 Å². The lowest BCUT2D eigenvalue weighted by molar-refractivity contribution is -0.216. The zero-order valence-corrected chi connectivity index (χ0v) is 41.6. The number of carbonyl (C=O) groups is 2. The lowest BCUT2D eigenvalue weighted by Crippen LogP contribution is -2.64. The predicted octanol–water partition coefficient (Wildman–Crippen LogP) is 5.97. The van der Waals surface area contributed by atoms with Crippen molar-refractivity contribution in [2.45, 2.75) is 210 Å². The minimum Gasteiger partial charge on any atom is -0.462 e. The Morgan fingerprint density at radius 1 is 0.559 bits per heavy atom. The third-order valence-electron chi connectivity index (χ3n) is 10.9. The predicted molar refractivity (Wildman–Crippen MR) is 254 cm³/mol. The smallest absolute Gasteiger partial charge is 0.462 e. The minimum absolute atomic E-state index is 0.0226. The van der Waals surface area contributed by atoms with Crippen LogP contribution in [0.3, 0.4) is 0 Å². The van der Waals surface area contributed by atoms with E-state index in [1.807, 2.05) is 0 Å². The van der Waals surface area contributed by atoms with Gasteiger partial charge in [-0.05, 0) is 51.4 Å². The lowest BCUT2D eigenvalue weighted by atomic mass is 9.85. The van der Waals surface area contributed by atoms with Crippen molar-refractivity contribution < 1.29 is 92.2 Å². The number of phosphoric ester groups is 2. The van der Waals surface area contributed by atoms with Gasteiger partial charge in [-0.1, -0.05) is 145 Å². The molecule has 1 rings (SSSR count). The Labute approximate surface area is 402 Å². The van der Waals surface area contributed by atoms with Crippen LogP contribution >= 0.6 is 15.6 Å². The van der Waals surface area contributed by atoms with Gasteiger partial charge in [0.1, 0.15) is 43.2 Å². The normalized spacial score (nSPS) is 23.2. The van der Waals surface area contributed by atoms with Crippen LogP contribution in [0.2, 0.25) is 0 Å². The van der Waals surface area contributed by atoms with E-state index in [2.05, 4.69) is 30.5 Å². The quantitative estimate of drug-likeness (QED) is 0.0111. The van der Waals surface area contributed by atoms with Crippen LogP contribution in [0.5, 0.6) is 0 Å². The molecule has 0 saturated heterocycles. The maximum Gasteiger partial charge on any atom is 0.472 e. The maximum atomic E-state index is 13.0. The molecule has 0 bridgehead atoms. The van der Waals surface area contributed by atoms with Gasteiger partial charge < -0.3 is 59.9 Å². The zero-order chi connectivity index (χ0) is 50.8. The second-order valence-corrected chi connectivity index (χ2v) is 19.6. The van der Waals surface area contributed by atoms with E-state index in [1.165, 1.54) is 37.8 Å². The first-order chi connectivity index (χ1) is 32.3. The molecular weight excluding hydrogens is 930 g/mol. The van der Waals surface area contributed by atoms with Crippen molar-refractivity contribution in [2.24, 2.45) is 0 Å². The van der Waals surface area contributed by atoms with Crippen LogP contribution in [0, 0.1) is 0 Å². The number of hydrogen-bond acceptors (Lipinski definition) is 16. The fourth-order valence-corrected chi connectivity index (χ4v) is 8.53. The van der Waals surface area contributed by atoms with Crippen LogP contribution in [0.4, 0.5) is 0 Å². The summed E-state index contributed by atoms with van der Waals surface area (Å²) in [7, 11) is -10.8. The molecule has 394 valence electrons. The molecule has 0 aromatic heterocycles. The number of aliphatic hydroxyl groups is 7. The zero-order valence-electron chi connectivity index (χ0n) is 39.9. The summed E-state index contributed by atoms with van der Waals surface area (Å²) in [5, 5.41) is 71.9. The van der Waals surface area contributed by atoms with Crippen molar-refractivity contribution in [1.82, 2.24) is 0 Å². The second kappa shape index (κ2) is 37.4. The van der Waals surface area contributed by atoms with Gasteiger partial charge in [0.25, 0.3) is 0 Å². The van der Waals surface area contributed by atoms with Crippen LogP contribution in [0.1, 0.15) is 149 Å². The van der Waals surface area contributed by atoms with Crippen molar-refractivity contribution in [3.8, 4) is 0 Å². The number of rotatable bonds is 39. The van der Waals surface area contributed by atoms with Crippen molar-refractivity contribution in [3.05, 3.63) is 60.8 Å². The highest BCUT2D eigenvalue weighted by Gasteiger charge is 2.54. The highest BCUT2D eigenvalue weighted by Crippen LogP contribution is 2.49. The van der Waals surface area contributed by atoms with E-state index in [0.717, 1.165) is 70.6 Å². The number of hydrogen-bond donors (Lipinski definition) is 10. The molecule has 5 unspecified atom stereocenters. The molecule has 10 N–H and O–H groups in total. The summed E-state index contributed by atoms with van der Waals surface area (Å²) < 4.78 is 49.1. The van der Waals surface area contributed by atoms with Crippen LogP contribution in [0.15, 0.2) is 60.8 Å². The first-order valence-corrected chi connectivity index (χ1v) is 27.2. The molecule has 0 radical (unpaired) electrons. The summed E-state index contributed by atoms with van der Waals surface area (Å²) in [6.45, 7) is 2.70. The van der Waals surface area contributed by atoms with E-state index in [4.69, 9.17) is 18.5 Å². The van der Waals surface area contributed by atoms with Crippen molar-refractivity contribution in [3.63, 3.8) is 0 Å². The number of ether oxygens (including phenoxy) is 2. The molecule has 0 aromatic carbocycles. The maximum absolute atomic E-state index is 13.0. The monoisotopic (exact) mass is 1010 g/mol. The van der Waals surface area contributed by atoms with Crippen molar-refractivity contribution in [2.75, 3.05) is 13.2 Å². The molecule has 1 aliphatic rings. The third-order valence-corrected chi connectivity index (χ3v) is 12.4. The Morgan fingerprint density at radius 2 is 1.07 bits per heavy atom. The van der Waals surface area contributed by atoms with Crippen molar-refractivity contribution in [1.29, 1.82) is 0 Å². The van der Waals surface area contributed by atoms with Gasteiger partial charge in [0.15, 0.2) is 6.10 Å². The Hall–Kier alpha value is -2.42. The highest BCUT2D eigenvalue weighted by atomic mass is 31.2. The third kappa shape index (κ3) is 31.0. The molecule has 0 heterocycles. The number of unbranched alkanes of at least 4 members (excludes halogenated alkanes) is 13. The largest absolute Gasteiger partial charge is 0.472 e. The van der Waals surface area contributed by atoms with E-state index in [9.17, 15) is 69.1 Å². The standard InChI is InChI=1S/C47H82O19P2/c1-3-5-7-8-9-10-11-12-13-14-15-16-17-22-26-32-40(51)62-34-37(35-63-68(60,61)66-47-44(55)42(53)43(54)46(45(47)56)65-67(57,58)59)64-41(52)33-27-31-39(50)38(49)30-25-21-19-18-20-24-29-36(48)28-23-6-4-2/h10-11,18-21,24-25,29-30,36-39,42-50,53-56H,3-9,12-17,22-23,26-28,31-35H2,1-2H3,(H,60,61)(H2,57,58,59)/b11-10-,20-18-,21-19+,29-24+,30-25+/t36-,37+,38-,39-,42?,43?,44?,45?,46+,47-/m0/s1. The molecule has 0 spiro atoms. The summed E-state index contributed by atoms with van der Waals surface area (Å²) >= 11 is 0. The first kappa shape index (κ1) is 63.6. The molecule has 0 amide bonds. The molecule has 21 heteroatoms. The second-order valence-electron chi connectivity index (χ2n) is 17.0. The van der Waals surface area contributed by atoms with Gasteiger partial charge in [-0.15, -0.1) is 0 Å². The van der Waals surface area contributed by atoms with Crippen LogP contribution in [-0.4, -0.2) is 137 Å². The van der Waals surface area contributed by atoms with Gasteiger partial charge in [0.05, 0.1) is 24.9 Å². The number of aliphatic hydroxyl groups excluding tert-OH is 7.